The van der Waals surface area contributed by atoms with E-state index in [0.29, 0.717) is 28.8 Å². The zero-order chi connectivity index (χ0) is 17.6. The van der Waals surface area contributed by atoms with E-state index in [-0.39, 0.29) is 12.9 Å². The summed E-state index contributed by atoms with van der Waals surface area (Å²) < 4.78 is 11.4. The van der Waals surface area contributed by atoms with Gasteiger partial charge in [0.05, 0.1) is 18.9 Å². The molecule has 1 aromatic heterocycles. The molecule has 1 fully saturated rings. The maximum absolute atomic E-state index is 9.61. The van der Waals surface area contributed by atoms with Crippen LogP contribution in [0.5, 0.6) is 0 Å². The fourth-order valence-electron chi connectivity index (χ4n) is 2.76. The van der Waals surface area contributed by atoms with Crippen LogP contribution in [0, 0.1) is 0 Å². The molecule has 1 atom stereocenters. The molecule has 3 N–H and O–H groups in total. The second-order valence-corrected chi connectivity index (χ2v) is 6.66. The predicted octanol–water partition coefficient (Wildman–Crippen LogP) is 2.98. The second kappa shape index (κ2) is 8.62. The number of nitrogens with zero attached hydrogens (tertiary/aromatic N) is 2. The molecule has 0 saturated carbocycles. The predicted molar refractivity (Wildman–Crippen MR) is 98.0 cm³/mol. The molecule has 3 rings (SSSR count). The quantitative estimate of drug-likeness (QED) is 0.604. The number of thioether (sulfide) groups is 1. The van der Waals surface area contributed by atoms with Gasteiger partial charge in [0.2, 0.25) is 0 Å². The summed E-state index contributed by atoms with van der Waals surface area (Å²) in [4.78, 5) is 8.69. The molecule has 6 nitrogen and oxygen atoms in total. The van der Waals surface area contributed by atoms with Crippen LogP contribution in [0.15, 0.2) is 29.4 Å². The van der Waals surface area contributed by atoms with Crippen LogP contribution in [-0.2, 0) is 22.7 Å². The third-order valence-electron chi connectivity index (χ3n) is 4.16. The van der Waals surface area contributed by atoms with Crippen molar-refractivity contribution in [3.63, 3.8) is 0 Å². The number of aliphatic hydroxyl groups is 1. The number of aromatic nitrogens is 2. The van der Waals surface area contributed by atoms with Gasteiger partial charge in [-0.15, -0.1) is 0 Å². The average molecular weight is 361 g/mol. The number of hydrogen-bond donors (Lipinski definition) is 2. The molecule has 1 aliphatic rings. The summed E-state index contributed by atoms with van der Waals surface area (Å²) in [5.74, 6) is 0.318. The number of benzene rings is 1. The highest BCUT2D eigenvalue weighted by Crippen LogP contribution is 2.28. The van der Waals surface area contributed by atoms with Crippen molar-refractivity contribution < 1.29 is 14.6 Å². The Labute approximate surface area is 151 Å². The SMILES string of the molecule is CSc1nc(N)c(CO)c(-c2ccc(COC3CCCCO3)cc2)n1. The van der Waals surface area contributed by atoms with E-state index in [1.807, 2.05) is 30.5 Å². The zero-order valence-electron chi connectivity index (χ0n) is 14.3. The van der Waals surface area contributed by atoms with E-state index in [1.54, 1.807) is 0 Å². The Morgan fingerprint density at radius 2 is 2.08 bits per heavy atom. The molecule has 1 saturated heterocycles. The molecule has 1 unspecified atom stereocenters. The molecule has 0 bridgehead atoms. The van der Waals surface area contributed by atoms with Gasteiger partial charge in [-0.25, -0.2) is 9.97 Å². The van der Waals surface area contributed by atoms with Crippen molar-refractivity contribution in [3.8, 4) is 11.3 Å². The van der Waals surface area contributed by atoms with E-state index in [4.69, 9.17) is 15.2 Å². The number of nitrogen functional groups attached to an aromatic ring is 1. The highest BCUT2D eigenvalue weighted by atomic mass is 32.2. The first kappa shape index (κ1) is 18.1. The first-order valence-electron chi connectivity index (χ1n) is 8.35. The van der Waals surface area contributed by atoms with Gasteiger partial charge in [0, 0.05) is 17.7 Å². The second-order valence-electron chi connectivity index (χ2n) is 5.88. The summed E-state index contributed by atoms with van der Waals surface area (Å²) in [6.45, 7) is 1.10. The summed E-state index contributed by atoms with van der Waals surface area (Å²) in [6, 6.07) is 7.92. The summed E-state index contributed by atoms with van der Waals surface area (Å²) in [7, 11) is 0. The van der Waals surface area contributed by atoms with Gasteiger partial charge < -0.3 is 20.3 Å². The van der Waals surface area contributed by atoms with Gasteiger partial charge in [-0.2, -0.15) is 0 Å². The van der Waals surface area contributed by atoms with Crippen molar-refractivity contribution >= 4 is 17.6 Å². The van der Waals surface area contributed by atoms with Crippen LogP contribution < -0.4 is 5.73 Å². The maximum Gasteiger partial charge on any atom is 0.189 e. The van der Waals surface area contributed by atoms with E-state index in [1.165, 1.54) is 11.8 Å². The van der Waals surface area contributed by atoms with Crippen LogP contribution in [0.2, 0.25) is 0 Å². The lowest BCUT2D eigenvalue weighted by atomic mass is 10.1. The van der Waals surface area contributed by atoms with Crippen LogP contribution in [0.25, 0.3) is 11.3 Å². The Kier molecular flexibility index (Phi) is 6.25. The van der Waals surface area contributed by atoms with Crippen LogP contribution in [0.4, 0.5) is 5.82 Å². The lowest BCUT2D eigenvalue weighted by molar-refractivity contribution is -0.168. The van der Waals surface area contributed by atoms with E-state index in [9.17, 15) is 5.11 Å². The fraction of sp³-hybridized carbons (Fsp3) is 0.444. The molecule has 25 heavy (non-hydrogen) atoms. The number of nitrogens with two attached hydrogens (primary N) is 1. The lowest BCUT2D eigenvalue weighted by Crippen LogP contribution is -2.21. The van der Waals surface area contributed by atoms with Crippen LogP contribution >= 0.6 is 11.8 Å². The largest absolute Gasteiger partial charge is 0.391 e. The van der Waals surface area contributed by atoms with E-state index >= 15 is 0 Å². The van der Waals surface area contributed by atoms with Gasteiger partial charge in [0.15, 0.2) is 11.4 Å². The monoisotopic (exact) mass is 361 g/mol. The Bertz CT molecular complexity index is 703. The van der Waals surface area contributed by atoms with Crippen molar-refractivity contribution in [2.45, 2.75) is 43.9 Å². The molecular weight excluding hydrogens is 338 g/mol. The zero-order valence-corrected chi connectivity index (χ0v) is 15.1. The topological polar surface area (TPSA) is 90.5 Å². The molecule has 0 aliphatic carbocycles. The third-order valence-corrected chi connectivity index (χ3v) is 4.71. The highest BCUT2D eigenvalue weighted by Gasteiger charge is 2.15. The molecular formula is C18H23N3O3S. The molecule has 0 spiro atoms. The lowest BCUT2D eigenvalue weighted by Gasteiger charge is -2.22. The van der Waals surface area contributed by atoms with Crippen LogP contribution in [0.1, 0.15) is 30.4 Å². The van der Waals surface area contributed by atoms with E-state index in [0.717, 1.165) is 37.0 Å². The van der Waals surface area contributed by atoms with E-state index in [2.05, 4.69) is 9.97 Å². The molecule has 2 heterocycles. The van der Waals surface area contributed by atoms with Crippen molar-refractivity contribution in [2.24, 2.45) is 0 Å². The molecule has 1 aliphatic heterocycles. The minimum atomic E-state index is -0.195. The molecule has 7 heteroatoms. The Morgan fingerprint density at radius 1 is 1.28 bits per heavy atom. The number of ether oxygens (including phenoxy) is 2. The summed E-state index contributed by atoms with van der Waals surface area (Å²) >= 11 is 1.42. The van der Waals surface area contributed by atoms with Crippen molar-refractivity contribution in [2.75, 3.05) is 18.6 Å². The number of anilines is 1. The van der Waals surface area contributed by atoms with Gasteiger partial charge in [-0.05, 0) is 31.1 Å². The molecule has 0 amide bonds. The summed E-state index contributed by atoms with van der Waals surface area (Å²) in [6.07, 6.45) is 5.02. The van der Waals surface area contributed by atoms with E-state index < -0.39 is 0 Å². The Balaban J connectivity index is 1.74. The number of aliphatic hydroxyl groups excluding tert-OH is 1. The van der Waals surface area contributed by atoms with Crippen molar-refractivity contribution in [3.05, 3.63) is 35.4 Å². The van der Waals surface area contributed by atoms with Crippen molar-refractivity contribution in [1.82, 2.24) is 9.97 Å². The Hall–Kier alpha value is -1.67. The first-order chi connectivity index (χ1) is 12.2. The summed E-state index contributed by atoms with van der Waals surface area (Å²) in [5.41, 5.74) is 9.13. The normalized spacial score (nSPS) is 17.6. The maximum atomic E-state index is 9.61. The van der Waals surface area contributed by atoms with Crippen LogP contribution in [-0.4, -0.2) is 34.2 Å². The fourth-order valence-corrected chi connectivity index (χ4v) is 3.13. The molecule has 134 valence electrons. The number of hydrogen-bond acceptors (Lipinski definition) is 7. The minimum Gasteiger partial charge on any atom is -0.391 e. The first-order valence-corrected chi connectivity index (χ1v) is 9.57. The van der Waals surface area contributed by atoms with Crippen molar-refractivity contribution in [1.29, 1.82) is 0 Å². The number of rotatable bonds is 6. The van der Waals surface area contributed by atoms with Gasteiger partial charge >= 0.3 is 0 Å². The average Bonchev–Trinajstić information content (AvgIpc) is 2.67. The molecule has 1 aromatic carbocycles. The standard InChI is InChI=1S/C18H23N3O3S/c1-25-18-20-16(14(10-22)17(19)21-18)13-7-5-12(6-8-13)11-24-15-4-2-3-9-23-15/h5-8,15,22H,2-4,9-11H2,1H3,(H2,19,20,21). The van der Waals surface area contributed by atoms with Crippen LogP contribution in [0.3, 0.4) is 0 Å². The molecule has 2 aromatic rings. The summed E-state index contributed by atoms with van der Waals surface area (Å²) in [5, 5.41) is 10.2. The highest BCUT2D eigenvalue weighted by molar-refractivity contribution is 7.98. The Morgan fingerprint density at radius 3 is 2.72 bits per heavy atom. The van der Waals surface area contributed by atoms with Gasteiger partial charge in [-0.1, -0.05) is 36.0 Å². The minimum absolute atomic E-state index is 0.0970. The molecule has 0 radical (unpaired) electrons. The van der Waals surface area contributed by atoms with Gasteiger partial charge in [0.1, 0.15) is 5.82 Å². The van der Waals surface area contributed by atoms with Gasteiger partial charge in [0.25, 0.3) is 0 Å². The third kappa shape index (κ3) is 4.49. The van der Waals surface area contributed by atoms with Gasteiger partial charge in [-0.3, -0.25) is 0 Å². The smallest absolute Gasteiger partial charge is 0.189 e.